The van der Waals surface area contributed by atoms with E-state index < -0.39 is 6.09 Å². The fraction of sp³-hybridized carbons (Fsp3) is 0.429. The lowest BCUT2D eigenvalue weighted by Crippen LogP contribution is -2.35. The van der Waals surface area contributed by atoms with Crippen molar-refractivity contribution in [3.8, 4) is 0 Å². The third-order valence-electron chi connectivity index (χ3n) is 3.19. The second-order valence-corrected chi connectivity index (χ2v) is 5.06. The first kappa shape index (κ1) is 14.7. The first-order valence-electron chi connectivity index (χ1n) is 6.59. The number of carbonyl (C=O) groups is 2. The Morgan fingerprint density at radius 2 is 2.15 bits per heavy atom. The van der Waals surface area contributed by atoms with Gasteiger partial charge in [0.05, 0.1) is 6.54 Å². The maximum Gasteiger partial charge on any atom is 0.416 e. The van der Waals surface area contributed by atoms with E-state index in [0.29, 0.717) is 11.6 Å². The molecule has 1 unspecified atom stereocenters. The summed E-state index contributed by atoms with van der Waals surface area (Å²) in [5.41, 5.74) is 0.901. The summed E-state index contributed by atoms with van der Waals surface area (Å²) in [5, 5.41) is 3.93. The van der Waals surface area contributed by atoms with Crippen LogP contribution in [0, 0.1) is 0 Å². The molecule has 20 heavy (non-hydrogen) atoms. The molecule has 1 heterocycles. The summed E-state index contributed by atoms with van der Waals surface area (Å²) in [5.74, 6) is -0.208. The second-order valence-electron chi connectivity index (χ2n) is 4.62. The number of nitrogens with zero attached hydrogens (tertiary/aromatic N) is 1. The van der Waals surface area contributed by atoms with Crippen molar-refractivity contribution in [1.82, 2.24) is 4.90 Å². The monoisotopic (exact) mass is 296 g/mol. The van der Waals surface area contributed by atoms with E-state index >= 15 is 0 Å². The summed E-state index contributed by atoms with van der Waals surface area (Å²) < 4.78 is 4.76. The van der Waals surface area contributed by atoms with Crippen LogP contribution in [0.4, 0.5) is 10.5 Å². The largest absolute Gasteiger partial charge is 0.447 e. The zero-order valence-corrected chi connectivity index (χ0v) is 12.0. The van der Waals surface area contributed by atoms with Crippen molar-refractivity contribution in [2.75, 3.05) is 18.5 Å². The highest BCUT2D eigenvalue weighted by Gasteiger charge is 2.29. The van der Waals surface area contributed by atoms with Crippen molar-refractivity contribution in [3.63, 3.8) is 0 Å². The fourth-order valence-corrected chi connectivity index (χ4v) is 2.15. The van der Waals surface area contributed by atoms with Gasteiger partial charge in [-0.3, -0.25) is 4.79 Å². The lowest BCUT2D eigenvalue weighted by molar-refractivity contribution is -0.128. The van der Waals surface area contributed by atoms with Crippen LogP contribution in [0.15, 0.2) is 24.3 Å². The van der Waals surface area contributed by atoms with Crippen LogP contribution in [0.25, 0.3) is 0 Å². The van der Waals surface area contributed by atoms with E-state index in [1.807, 2.05) is 19.1 Å². The van der Waals surface area contributed by atoms with Gasteiger partial charge in [0.25, 0.3) is 0 Å². The number of carbonyl (C=O) groups excluding carboxylic acids is 2. The molecular weight excluding hydrogens is 280 g/mol. The zero-order chi connectivity index (χ0) is 14.5. The quantitative estimate of drug-likeness (QED) is 0.907. The van der Waals surface area contributed by atoms with E-state index in [4.69, 9.17) is 16.3 Å². The second kappa shape index (κ2) is 6.61. The molecule has 1 aliphatic rings. The number of anilines is 1. The molecule has 108 valence electrons. The third kappa shape index (κ3) is 3.63. The Morgan fingerprint density at radius 3 is 2.70 bits per heavy atom. The number of hydrogen-bond donors (Lipinski definition) is 1. The van der Waals surface area contributed by atoms with E-state index in [1.54, 1.807) is 12.1 Å². The minimum absolute atomic E-state index is 0.0305. The number of amides is 2. The average Bonchev–Trinajstić information content (AvgIpc) is 2.86. The summed E-state index contributed by atoms with van der Waals surface area (Å²) in [6.45, 7) is 2.62. The van der Waals surface area contributed by atoms with Crippen LogP contribution >= 0.6 is 11.6 Å². The first-order valence-corrected chi connectivity index (χ1v) is 6.97. The molecule has 1 aromatic rings. The molecule has 6 heteroatoms. The van der Waals surface area contributed by atoms with Crippen molar-refractivity contribution in [1.29, 1.82) is 0 Å². The molecule has 0 saturated carbocycles. The van der Waals surface area contributed by atoms with Crippen LogP contribution in [0.1, 0.15) is 19.8 Å². The highest BCUT2D eigenvalue weighted by molar-refractivity contribution is 6.30. The number of cyclic esters (lactones) is 1. The predicted molar refractivity (Wildman–Crippen MR) is 76.8 cm³/mol. The minimum atomic E-state index is -0.545. The van der Waals surface area contributed by atoms with E-state index in [9.17, 15) is 9.59 Å². The summed E-state index contributed by atoms with van der Waals surface area (Å²) in [4.78, 5) is 24.5. The van der Waals surface area contributed by atoms with Gasteiger partial charge in [-0.25, -0.2) is 9.69 Å². The molecule has 0 radical (unpaired) electrons. The fourth-order valence-electron chi connectivity index (χ4n) is 2.02. The number of imide groups is 1. The molecule has 1 fully saturated rings. The van der Waals surface area contributed by atoms with Gasteiger partial charge in [-0.2, -0.15) is 0 Å². The number of halogens is 1. The van der Waals surface area contributed by atoms with Crippen molar-refractivity contribution in [3.05, 3.63) is 29.3 Å². The normalized spacial score (nSPS) is 15.9. The molecule has 1 aromatic carbocycles. The minimum Gasteiger partial charge on any atom is -0.447 e. The molecule has 0 spiro atoms. The van der Waals surface area contributed by atoms with Crippen LogP contribution in [0.5, 0.6) is 0 Å². The molecule has 2 amide bonds. The Kier molecular flexibility index (Phi) is 4.84. The van der Waals surface area contributed by atoms with Gasteiger partial charge < -0.3 is 10.1 Å². The lowest BCUT2D eigenvalue weighted by Gasteiger charge is -2.20. The molecule has 1 saturated heterocycles. The molecule has 1 aliphatic heterocycles. The van der Waals surface area contributed by atoms with Gasteiger partial charge in [-0.1, -0.05) is 18.5 Å². The van der Waals surface area contributed by atoms with Crippen LogP contribution in [0.3, 0.4) is 0 Å². The Bertz CT molecular complexity index is 490. The van der Waals surface area contributed by atoms with Crippen LogP contribution in [-0.2, 0) is 9.53 Å². The van der Waals surface area contributed by atoms with Crippen molar-refractivity contribution in [2.45, 2.75) is 25.8 Å². The standard InChI is InChI=1S/C14H17ClN2O3/c1-2-11(16-12-5-3-10(15)4-6-12)9-13(18)17-7-8-20-14(17)19/h3-6,11,16H,2,7-9H2,1H3. The predicted octanol–water partition coefficient (Wildman–Crippen LogP) is 2.90. The Labute approximate surface area is 122 Å². The zero-order valence-electron chi connectivity index (χ0n) is 11.3. The Balaban J connectivity index is 1.93. The highest BCUT2D eigenvalue weighted by Crippen LogP contribution is 2.17. The smallest absolute Gasteiger partial charge is 0.416 e. The van der Waals surface area contributed by atoms with Gasteiger partial charge in [0.1, 0.15) is 6.61 Å². The third-order valence-corrected chi connectivity index (χ3v) is 3.44. The van der Waals surface area contributed by atoms with Gasteiger partial charge >= 0.3 is 6.09 Å². The topological polar surface area (TPSA) is 58.6 Å². The number of hydrogen-bond acceptors (Lipinski definition) is 4. The number of rotatable bonds is 5. The van der Waals surface area contributed by atoms with E-state index in [0.717, 1.165) is 17.0 Å². The molecular formula is C14H17ClN2O3. The van der Waals surface area contributed by atoms with Crippen molar-refractivity contribution in [2.24, 2.45) is 0 Å². The Hall–Kier alpha value is -1.75. The van der Waals surface area contributed by atoms with Gasteiger partial charge in [0, 0.05) is 23.2 Å². The van der Waals surface area contributed by atoms with Gasteiger partial charge in [0.15, 0.2) is 0 Å². The maximum atomic E-state index is 12.0. The molecule has 1 N–H and O–H groups in total. The molecule has 0 aliphatic carbocycles. The number of ether oxygens (including phenoxy) is 1. The first-order chi connectivity index (χ1) is 9.60. The lowest BCUT2D eigenvalue weighted by atomic mass is 10.1. The molecule has 0 bridgehead atoms. The SMILES string of the molecule is CCC(CC(=O)N1CCOC1=O)Nc1ccc(Cl)cc1. The summed E-state index contributed by atoms with van der Waals surface area (Å²) in [6, 6.07) is 7.27. The van der Waals surface area contributed by atoms with Crippen LogP contribution in [-0.4, -0.2) is 36.1 Å². The molecule has 2 rings (SSSR count). The Morgan fingerprint density at radius 1 is 1.45 bits per heavy atom. The van der Waals surface area contributed by atoms with Gasteiger partial charge in [0.2, 0.25) is 5.91 Å². The van der Waals surface area contributed by atoms with Crippen molar-refractivity contribution < 1.29 is 14.3 Å². The van der Waals surface area contributed by atoms with E-state index in [-0.39, 0.29) is 25.0 Å². The van der Waals surface area contributed by atoms with E-state index in [1.165, 1.54) is 0 Å². The number of nitrogens with one attached hydrogen (secondary N) is 1. The van der Waals surface area contributed by atoms with Gasteiger partial charge in [-0.15, -0.1) is 0 Å². The van der Waals surface area contributed by atoms with Crippen molar-refractivity contribution >= 4 is 29.3 Å². The highest BCUT2D eigenvalue weighted by atomic mass is 35.5. The molecule has 0 aromatic heterocycles. The maximum absolute atomic E-state index is 12.0. The average molecular weight is 297 g/mol. The molecule has 5 nitrogen and oxygen atoms in total. The van der Waals surface area contributed by atoms with Crippen LogP contribution < -0.4 is 5.32 Å². The van der Waals surface area contributed by atoms with Crippen LogP contribution in [0.2, 0.25) is 5.02 Å². The number of benzene rings is 1. The summed E-state index contributed by atoms with van der Waals surface area (Å²) >= 11 is 5.83. The van der Waals surface area contributed by atoms with E-state index in [2.05, 4.69) is 5.32 Å². The summed E-state index contributed by atoms with van der Waals surface area (Å²) in [6.07, 6.45) is 0.488. The van der Waals surface area contributed by atoms with Gasteiger partial charge in [-0.05, 0) is 30.7 Å². The molecule has 1 atom stereocenters. The summed E-state index contributed by atoms with van der Waals surface area (Å²) in [7, 11) is 0.